The summed E-state index contributed by atoms with van der Waals surface area (Å²) in [5, 5.41) is 2.97. The maximum Gasteiger partial charge on any atom is 0.251 e. The van der Waals surface area contributed by atoms with Crippen LogP contribution in [0.4, 0.5) is 21.6 Å². The number of ether oxygens (including phenoxy) is 1. The maximum atomic E-state index is 14.0. The highest BCUT2D eigenvalue weighted by Crippen LogP contribution is 2.55. The molecule has 2 aliphatic heterocycles. The number of sulfonamides is 1. The lowest BCUT2D eigenvalue weighted by Crippen LogP contribution is -2.25. The van der Waals surface area contributed by atoms with Gasteiger partial charge in [-0.2, -0.15) is 0 Å². The summed E-state index contributed by atoms with van der Waals surface area (Å²) in [5.74, 6) is -0.324. The monoisotopic (exact) mass is 558 g/mol. The Morgan fingerprint density at radius 1 is 0.975 bits per heavy atom. The summed E-state index contributed by atoms with van der Waals surface area (Å²) < 4.78 is 46.9. The van der Waals surface area contributed by atoms with Crippen LogP contribution in [-0.2, 0) is 21.3 Å². The molecule has 204 valence electrons. The Balaban J connectivity index is 1.29. The molecule has 0 radical (unpaired) electrons. The van der Waals surface area contributed by atoms with Gasteiger partial charge in [0.05, 0.1) is 17.6 Å². The number of hydrogen-bond donors (Lipinski definition) is 2. The number of carbonyl (C=O) groups excluding carboxylic acids is 1. The average Bonchev–Trinajstić information content (AvgIpc) is 3.44. The zero-order chi connectivity index (χ0) is 28.3. The molecule has 1 aromatic heterocycles. The van der Waals surface area contributed by atoms with Gasteiger partial charge in [-0.15, -0.1) is 0 Å². The molecule has 3 heterocycles. The first-order valence-electron chi connectivity index (χ1n) is 12.7. The van der Waals surface area contributed by atoms with E-state index in [2.05, 4.69) is 10.3 Å². The van der Waals surface area contributed by atoms with Gasteiger partial charge in [0, 0.05) is 17.8 Å². The fourth-order valence-electron chi connectivity index (χ4n) is 5.66. The fraction of sp³-hybridized carbons (Fsp3) is 0.200. The number of hydrogen-bond acceptors (Lipinski definition) is 6. The summed E-state index contributed by atoms with van der Waals surface area (Å²) in [4.78, 5) is 17.4. The van der Waals surface area contributed by atoms with Gasteiger partial charge in [-0.3, -0.25) is 4.79 Å². The number of halogens is 1. The van der Waals surface area contributed by atoms with Crippen molar-refractivity contribution in [3.63, 3.8) is 0 Å². The number of anilines is 3. The molecule has 6 rings (SSSR count). The van der Waals surface area contributed by atoms with Gasteiger partial charge in [-0.25, -0.2) is 22.1 Å². The van der Waals surface area contributed by atoms with E-state index in [0.29, 0.717) is 23.6 Å². The molecule has 1 amide bonds. The summed E-state index contributed by atoms with van der Waals surface area (Å²) in [6.07, 6.45) is 0.313. The standard InChI is InChI=1S/C30H27FN4O4S/c1-16-11-27(32)34-17(2)26(16)15-33-30(36)18-7-9-22-24(12-18)29-25-14-21(8-10-23(25)28(22)39-29)35(40(3,37)38)20-6-4-5-19(31)13-20/h4-14,28-29H,15H2,1-3H3,(H2,32,34)(H,33,36). The highest BCUT2D eigenvalue weighted by Gasteiger charge is 2.43. The predicted molar refractivity (Wildman–Crippen MR) is 150 cm³/mol. The number of benzene rings is 3. The lowest BCUT2D eigenvalue weighted by molar-refractivity contribution is 0.0857. The van der Waals surface area contributed by atoms with Crippen LogP contribution >= 0.6 is 0 Å². The molecule has 0 spiro atoms. The average molecular weight is 559 g/mol. The number of aromatic nitrogens is 1. The Morgan fingerprint density at radius 3 is 2.35 bits per heavy atom. The largest absolute Gasteiger partial charge is 0.384 e. The Hall–Kier alpha value is -4.28. The Labute approximate surface area is 231 Å². The molecule has 40 heavy (non-hydrogen) atoms. The number of nitrogens with two attached hydrogens (primary N) is 1. The van der Waals surface area contributed by atoms with Crippen LogP contribution in [0.25, 0.3) is 0 Å². The predicted octanol–water partition coefficient (Wildman–Crippen LogP) is 4.97. The van der Waals surface area contributed by atoms with Crippen LogP contribution in [0, 0.1) is 19.7 Å². The molecule has 2 bridgehead atoms. The Morgan fingerprint density at radius 2 is 1.65 bits per heavy atom. The second-order valence-electron chi connectivity index (χ2n) is 10.2. The molecular weight excluding hydrogens is 531 g/mol. The second kappa shape index (κ2) is 9.42. The number of aryl methyl sites for hydroxylation is 2. The molecule has 2 atom stereocenters. The van der Waals surface area contributed by atoms with Gasteiger partial charge < -0.3 is 15.8 Å². The van der Waals surface area contributed by atoms with E-state index in [1.165, 1.54) is 18.2 Å². The minimum absolute atomic E-state index is 0.202. The van der Waals surface area contributed by atoms with E-state index in [1.807, 2.05) is 32.0 Å². The van der Waals surface area contributed by atoms with E-state index >= 15 is 0 Å². The van der Waals surface area contributed by atoms with Crippen molar-refractivity contribution in [2.24, 2.45) is 0 Å². The number of nitrogens with zero attached hydrogens (tertiary/aromatic N) is 2. The van der Waals surface area contributed by atoms with E-state index < -0.39 is 21.9 Å². The first-order valence-corrected chi connectivity index (χ1v) is 14.6. The number of nitrogen functional groups attached to an aromatic ring is 1. The van der Waals surface area contributed by atoms with Crippen molar-refractivity contribution in [2.45, 2.75) is 32.6 Å². The van der Waals surface area contributed by atoms with Gasteiger partial charge >= 0.3 is 0 Å². The van der Waals surface area contributed by atoms with Gasteiger partial charge in [0.1, 0.15) is 23.8 Å². The van der Waals surface area contributed by atoms with Crippen molar-refractivity contribution in [3.05, 3.63) is 117 Å². The van der Waals surface area contributed by atoms with Crippen molar-refractivity contribution in [3.8, 4) is 0 Å². The summed E-state index contributed by atoms with van der Waals surface area (Å²) in [7, 11) is -3.77. The van der Waals surface area contributed by atoms with Crippen LogP contribution in [0.3, 0.4) is 0 Å². The van der Waals surface area contributed by atoms with Gasteiger partial charge in [-0.05, 0) is 95.8 Å². The summed E-state index contributed by atoms with van der Waals surface area (Å²) in [6.45, 7) is 4.11. The Bertz CT molecular complexity index is 1780. The molecule has 8 nitrogen and oxygen atoms in total. The van der Waals surface area contributed by atoms with Crippen LogP contribution in [-0.4, -0.2) is 25.6 Å². The minimum atomic E-state index is -3.77. The van der Waals surface area contributed by atoms with E-state index in [4.69, 9.17) is 10.5 Å². The van der Waals surface area contributed by atoms with Crippen molar-refractivity contribution >= 4 is 33.1 Å². The van der Waals surface area contributed by atoms with Crippen LogP contribution < -0.4 is 15.4 Å². The summed E-state index contributed by atoms with van der Waals surface area (Å²) in [6, 6.07) is 18.1. The third-order valence-corrected chi connectivity index (χ3v) is 8.51. The SMILES string of the molecule is Cc1cc(N)nc(C)c1CNC(=O)c1ccc2c(c1)C1OC2c2ccc(N(c3cccc(F)c3)S(C)(=O)=O)cc21. The molecule has 0 fully saturated rings. The quantitative estimate of drug-likeness (QED) is 0.345. The fourth-order valence-corrected chi connectivity index (χ4v) is 6.65. The third kappa shape index (κ3) is 4.39. The maximum absolute atomic E-state index is 14.0. The first-order chi connectivity index (χ1) is 19.0. The van der Waals surface area contributed by atoms with Gasteiger partial charge in [0.15, 0.2) is 0 Å². The number of fused-ring (bicyclic) bond motifs is 8. The van der Waals surface area contributed by atoms with E-state index in [0.717, 1.165) is 49.6 Å². The van der Waals surface area contributed by atoms with Crippen molar-refractivity contribution in [1.29, 1.82) is 0 Å². The number of pyridine rings is 1. The molecule has 2 aliphatic rings. The molecule has 4 aromatic rings. The molecule has 2 unspecified atom stereocenters. The van der Waals surface area contributed by atoms with Crippen molar-refractivity contribution in [2.75, 3.05) is 16.3 Å². The van der Waals surface area contributed by atoms with Crippen LogP contribution in [0.15, 0.2) is 66.7 Å². The zero-order valence-electron chi connectivity index (χ0n) is 22.1. The normalized spacial score (nSPS) is 16.9. The minimum Gasteiger partial charge on any atom is -0.384 e. The smallest absolute Gasteiger partial charge is 0.251 e. The molecule has 3 N–H and O–H groups in total. The Kier molecular flexibility index (Phi) is 6.12. The summed E-state index contributed by atoms with van der Waals surface area (Å²) >= 11 is 0. The van der Waals surface area contributed by atoms with E-state index in [9.17, 15) is 17.6 Å². The van der Waals surface area contributed by atoms with E-state index in [1.54, 1.807) is 30.3 Å². The highest BCUT2D eigenvalue weighted by atomic mass is 32.2. The van der Waals surface area contributed by atoms with Crippen molar-refractivity contribution < 1.29 is 22.3 Å². The molecule has 3 aromatic carbocycles. The number of nitrogens with one attached hydrogen (secondary N) is 1. The summed E-state index contributed by atoms with van der Waals surface area (Å²) in [5.41, 5.74) is 13.1. The molecular formula is C30H27FN4O4S. The molecule has 0 saturated carbocycles. The third-order valence-electron chi connectivity index (χ3n) is 7.43. The van der Waals surface area contributed by atoms with Gasteiger partial charge in [0.2, 0.25) is 10.0 Å². The van der Waals surface area contributed by atoms with E-state index in [-0.39, 0.29) is 17.7 Å². The van der Waals surface area contributed by atoms with Gasteiger partial charge in [-0.1, -0.05) is 18.2 Å². The number of rotatable bonds is 6. The number of amides is 1. The second-order valence-corrected chi connectivity index (χ2v) is 12.0. The van der Waals surface area contributed by atoms with Crippen molar-refractivity contribution in [1.82, 2.24) is 10.3 Å². The molecule has 10 heteroatoms. The lowest BCUT2D eigenvalue weighted by atomic mass is 9.85. The lowest BCUT2D eigenvalue weighted by Gasteiger charge is -2.25. The molecule has 0 saturated heterocycles. The highest BCUT2D eigenvalue weighted by molar-refractivity contribution is 7.92. The number of carbonyl (C=O) groups is 1. The van der Waals surface area contributed by atoms with Crippen LogP contribution in [0.5, 0.6) is 0 Å². The first kappa shape index (κ1) is 26.0. The van der Waals surface area contributed by atoms with Gasteiger partial charge in [0.25, 0.3) is 5.91 Å². The van der Waals surface area contributed by atoms with Crippen LogP contribution in [0.1, 0.15) is 61.6 Å². The van der Waals surface area contributed by atoms with Crippen LogP contribution in [0.2, 0.25) is 0 Å². The topological polar surface area (TPSA) is 115 Å². The zero-order valence-corrected chi connectivity index (χ0v) is 22.9. The molecule has 0 aliphatic carbocycles.